The Kier molecular flexibility index (Phi) is 6.10. The minimum Gasteiger partial charge on any atom is -0.491 e. The molecule has 0 radical (unpaired) electrons. The van der Waals surface area contributed by atoms with E-state index in [-0.39, 0.29) is 6.10 Å². The highest BCUT2D eigenvalue weighted by Gasteiger charge is 2.24. The number of piperidine rings is 1. The van der Waals surface area contributed by atoms with Crippen LogP contribution in [0.4, 0.5) is 0 Å². The van der Waals surface area contributed by atoms with E-state index in [0.717, 1.165) is 37.7 Å². The van der Waals surface area contributed by atoms with Crippen LogP contribution in [-0.2, 0) is 19.3 Å². The normalized spacial score (nSPS) is 23.0. The Morgan fingerprint density at radius 1 is 1.00 bits per heavy atom. The van der Waals surface area contributed by atoms with Crippen LogP contribution < -0.4 is 9.64 Å². The molecular formula is C24H32NO2+. The van der Waals surface area contributed by atoms with E-state index in [1.54, 1.807) is 0 Å². The Morgan fingerprint density at radius 2 is 1.78 bits per heavy atom. The van der Waals surface area contributed by atoms with Crippen LogP contribution in [-0.4, -0.2) is 37.5 Å². The Labute approximate surface area is 163 Å². The largest absolute Gasteiger partial charge is 0.491 e. The molecule has 1 aliphatic heterocycles. The Hall–Kier alpha value is -1.84. The first-order chi connectivity index (χ1) is 13.3. The third-order valence-corrected chi connectivity index (χ3v) is 6.22. The maximum absolute atomic E-state index is 10.4. The molecule has 3 nitrogen and oxygen atoms in total. The zero-order valence-electron chi connectivity index (χ0n) is 16.2. The van der Waals surface area contributed by atoms with E-state index in [9.17, 15) is 5.11 Å². The van der Waals surface area contributed by atoms with Crippen LogP contribution in [0, 0.1) is 5.92 Å². The predicted molar refractivity (Wildman–Crippen MR) is 108 cm³/mol. The smallest absolute Gasteiger partial charge is 0.137 e. The molecule has 1 aliphatic carbocycles. The molecule has 0 amide bonds. The fraction of sp³-hybridized carbons (Fsp3) is 0.500. The summed E-state index contributed by atoms with van der Waals surface area (Å²) in [6.45, 7) is 3.51. The van der Waals surface area contributed by atoms with Crippen LogP contribution in [0.1, 0.15) is 36.0 Å². The van der Waals surface area contributed by atoms with Crippen molar-refractivity contribution in [1.29, 1.82) is 0 Å². The molecule has 0 bridgehead atoms. The van der Waals surface area contributed by atoms with Crippen molar-refractivity contribution in [2.24, 2.45) is 5.92 Å². The van der Waals surface area contributed by atoms with Gasteiger partial charge in [-0.2, -0.15) is 0 Å². The van der Waals surface area contributed by atoms with E-state index in [4.69, 9.17) is 4.74 Å². The Bertz CT molecular complexity index is 722. The van der Waals surface area contributed by atoms with Crippen LogP contribution in [0.15, 0.2) is 48.5 Å². The summed E-state index contributed by atoms with van der Waals surface area (Å²) in [5.74, 6) is 1.70. The molecule has 2 aromatic carbocycles. The third-order valence-electron chi connectivity index (χ3n) is 6.22. The number of rotatable bonds is 7. The Morgan fingerprint density at radius 3 is 2.59 bits per heavy atom. The molecule has 0 aromatic heterocycles. The second-order valence-electron chi connectivity index (χ2n) is 8.34. The molecule has 0 unspecified atom stereocenters. The van der Waals surface area contributed by atoms with Gasteiger partial charge in [-0.15, -0.1) is 0 Å². The number of fused-ring (bicyclic) bond motifs is 1. The van der Waals surface area contributed by atoms with E-state index >= 15 is 0 Å². The number of aryl methyl sites for hydroxylation is 2. The van der Waals surface area contributed by atoms with E-state index in [2.05, 4.69) is 48.5 Å². The summed E-state index contributed by atoms with van der Waals surface area (Å²) < 4.78 is 5.87. The highest BCUT2D eigenvalue weighted by atomic mass is 16.5. The minimum absolute atomic E-state index is 0.390. The molecule has 4 rings (SSSR count). The van der Waals surface area contributed by atoms with Crippen molar-refractivity contribution in [3.63, 3.8) is 0 Å². The summed E-state index contributed by atoms with van der Waals surface area (Å²) in [7, 11) is 0. The number of likely N-dealkylation sites (tertiary alicyclic amines) is 1. The van der Waals surface area contributed by atoms with Gasteiger partial charge in [0.1, 0.15) is 25.0 Å². The van der Waals surface area contributed by atoms with E-state index in [0.29, 0.717) is 6.61 Å². The van der Waals surface area contributed by atoms with E-state index in [1.807, 2.05) is 0 Å². The first-order valence-electron chi connectivity index (χ1n) is 10.6. The second-order valence-corrected chi connectivity index (χ2v) is 8.34. The minimum atomic E-state index is -0.390. The van der Waals surface area contributed by atoms with Gasteiger partial charge in [-0.05, 0) is 73.3 Å². The molecule has 2 N–H and O–H groups in total. The quantitative estimate of drug-likeness (QED) is 0.789. The van der Waals surface area contributed by atoms with Gasteiger partial charge in [0.2, 0.25) is 0 Å². The van der Waals surface area contributed by atoms with Gasteiger partial charge in [0.15, 0.2) is 0 Å². The van der Waals surface area contributed by atoms with Crippen molar-refractivity contribution < 1.29 is 14.7 Å². The first-order valence-corrected chi connectivity index (χ1v) is 10.6. The van der Waals surface area contributed by atoms with Crippen LogP contribution in [0.5, 0.6) is 5.75 Å². The van der Waals surface area contributed by atoms with Crippen LogP contribution in [0.2, 0.25) is 0 Å². The number of aliphatic hydroxyl groups is 1. The van der Waals surface area contributed by atoms with Gasteiger partial charge in [-0.1, -0.05) is 36.4 Å². The fourth-order valence-electron chi connectivity index (χ4n) is 4.66. The third kappa shape index (κ3) is 5.12. The van der Waals surface area contributed by atoms with Gasteiger partial charge in [0.05, 0.1) is 13.1 Å². The summed E-state index contributed by atoms with van der Waals surface area (Å²) in [6.07, 6.45) is 6.92. The molecule has 1 fully saturated rings. The van der Waals surface area contributed by atoms with Crippen LogP contribution >= 0.6 is 0 Å². The SMILES string of the molecule is O[C@H](COc1ccc2c(c1)CCC2)C[NH+]1CCC(Cc2ccccc2)CC1. The number of ether oxygens (including phenoxy) is 1. The average Bonchev–Trinajstić information content (AvgIpc) is 3.17. The molecule has 3 heteroatoms. The van der Waals surface area contributed by atoms with Crippen molar-refractivity contribution in [3.8, 4) is 5.75 Å². The van der Waals surface area contributed by atoms with Crippen LogP contribution in [0.25, 0.3) is 0 Å². The topological polar surface area (TPSA) is 33.9 Å². The highest BCUT2D eigenvalue weighted by Crippen LogP contribution is 2.26. The van der Waals surface area contributed by atoms with Crippen molar-refractivity contribution in [2.45, 2.75) is 44.6 Å². The molecule has 0 spiro atoms. The van der Waals surface area contributed by atoms with Crippen molar-refractivity contribution in [3.05, 3.63) is 65.2 Å². The molecule has 1 saturated heterocycles. The first kappa shape index (κ1) is 18.5. The number of hydrogen-bond donors (Lipinski definition) is 2. The van der Waals surface area contributed by atoms with Gasteiger partial charge < -0.3 is 14.7 Å². The number of aliphatic hydroxyl groups excluding tert-OH is 1. The molecule has 0 saturated carbocycles. The maximum atomic E-state index is 10.4. The number of benzene rings is 2. The highest BCUT2D eigenvalue weighted by molar-refractivity contribution is 5.38. The lowest BCUT2D eigenvalue weighted by molar-refractivity contribution is -0.909. The van der Waals surface area contributed by atoms with E-state index in [1.165, 1.54) is 53.7 Å². The summed E-state index contributed by atoms with van der Waals surface area (Å²) in [5, 5.41) is 10.4. The van der Waals surface area contributed by atoms with Crippen LogP contribution in [0.3, 0.4) is 0 Å². The lowest BCUT2D eigenvalue weighted by atomic mass is 9.90. The summed E-state index contributed by atoms with van der Waals surface area (Å²) in [5.41, 5.74) is 4.34. The summed E-state index contributed by atoms with van der Waals surface area (Å²) in [4.78, 5) is 1.52. The number of quaternary nitrogens is 1. The predicted octanol–water partition coefficient (Wildman–Crippen LogP) is 2.45. The van der Waals surface area contributed by atoms with Gasteiger partial charge in [-0.3, -0.25) is 0 Å². The summed E-state index contributed by atoms with van der Waals surface area (Å²) >= 11 is 0. The van der Waals surface area contributed by atoms with Crippen molar-refractivity contribution in [2.75, 3.05) is 26.2 Å². The number of nitrogens with one attached hydrogen (secondary N) is 1. The monoisotopic (exact) mass is 366 g/mol. The molecule has 1 heterocycles. The molecule has 1 atom stereocenters. The van der Waals surface area contributed by atoms with E-state index < -0.39 is 0 Å². The molecular weight excluding hydrogens is 334 g/mol. The Balaban J connectivity index is 1.18. The zero-order valence-corrected chi connectivity index (χ0v) is 16.2. The average molecular weight is 367 g/mol. The van der Waals surface area contributed by atoms with Gasteiger partial charge in [-0.25, -0.2) is 0 Å². The summed E-state index contributed by atoms with van der Waals surface area (Å²) in [6, 6.07) is 17.2. The molecule has 2 aromatic rings. The van der Waals surface area contributed by atoms with Gasteiger partial charge in [0, 0.05) is 0 Å². The number of hydrogen-bond acceptors (Lipinski definition) is 2. The van der Waals surface area contributed by atoms with Gasteiger partial charge >= 0.3 is 0 Å². The van der Waals surface area contributed by atoms with Crippen molar-refractivity contribution >= 4 is 0 Å². The standard InChI is InChI=1S/C24H31NO2/c26-23(18-27-24-10-9-21-7-4-8-22(21)16-24)17-25-13-11-20(12-14-25)15-19-5-2-1-3-6-19/h1-3,5-6,9-10,16,20,23,26H,4,7-8,11-15,17-18H2/p+1/t23-/m0/s1. The lowest BCUT2D eigenvalue weighted by Gasteiger charge is -2.30. The zero-order chi connectivity index (χ0) is 18.5. The fourth-order valence-corrected chi connectivity index (χ4v) is 4.66. The molecule has 2 aliphatic rings. The van der Waals surface area contributed by atoms with Gasteiger partial charge in [0.25, 0.3) is 0 Å². The molecule has 27 heavy (non-hydrogen) atoms. The maximum Gasteiger partial charge on any atom is 0.137 e. The lowest BCUT2D eigenvalue weighted by Crippen LogP contribution is -3.14. The molecule has 144 valence electrons. The second kappa shape index (κ2) is 8.90. The van der Waals surface area contributed by atoms with Crippen molar-refractivity contribution in [1.82, 2.24) is 0 Å².